The molecular weight excluding hydrogens is 362 g/mol. The molecule has 0 saturated carbocycles. The maximum absolute atomic E-state index is 12.5. The Kier molecular flexibility index (Phi) is 6.05. The van der Waals surface area contributed by atoms with E-state index in [4.69, 9.17) is 4.74 Å². The molecule has 4 rings (SSSR count). The molecule has 2 aromatic rings. The highest BCUT2D eigenvalue weighted by atomic mass is 16.5. The van der Waals surface area contributed by atoms with Gasteiger partial charge >= 0.3 is 6.03 Å². The smallest absolute Gasteiger partial charge is 0.319 e. The third kappa shape index (κ3) is 4.91. The highest BCUT2D eigenvalue weighted by molar-refractivity contribution is 5.89. The second-order valence-corrected chi connectivity index (χ2v) is 8.39. The number of amides is 2. The normalized spacial score (nSPS) is 24.0. The van der Waals surface area contributed by atoms with Crippen LogP contribution in [-0.4, -0.2) is 36.2 Å². The maximum Gasteiger partial charge on any atom is 0.319 e. The summed E-state index contributed by atoms with van der Waals surface area (Å²) in [4.78, 5) is 15.2. The van der Waals surface area contributed by atoms with Crippen LogP contribution in [0.3, 0.4) is 0 Å². The quantitative estimate of drug-likeness (QED) is 0.773. The Morgan fingerprint density at radius 1 is 1.03 bits per heavy atom. The molecule has 2 N–H and O–H groups in total. The van der Waals surface area contributed by atoms with Crippen molar-refractivity contribution in [3.63, 3.8) is 0 Å². The number of carbonyl (C=O) groups excluding carboxylic acids is 1. The molecule has 2 aromatic carbocycles. The van der Waals surface area contributed by atoms with E-state index in [9.17, 15) is 4.79 Å². The summed E-state index contributed by atoms with van der Waals surface area (Å²) in [5, 5.41) is 6.15. The molecule has 2 bridgehead atoms. The molecule has 2 saturated heterocycles. The van der Waals surface area contributed by atoms with Gasteiger partial charge in [0.1, 0.15) is 5.75 Å². The number of nitrogens with one attached hydrogen (secondary N) is 2. The number of anilines is 1. The Balaban J connectivity index is 1.34. The molecule has 2 atom stereocenters. The summed E-state index contributed by atoms with van der Waals surface area (Å²) in [5.74, 6) is 0.782. The summed E-state index contributed by atoms with van der Waals surface area (Å²) < 4.78 is 5.16. The molecular formula is C24H31N3O2. The van der Waals surface area contributed by atoms with Crippen LogP contribution in [0.5, 0.6) is 5.75 Å². The Labute approximate surface area is 173 Å². The molecule has 5 heteroatoms. The number of benzene rings is 2. The number of aryl methyl sites for hydroxylation is 1. The molecule has 0 aliphatic carbocycles. The largest absolute Gasteiger partial charge is 0.497 e. The minimum Gasteiger partial charge on any atom is -0.497 e. The number of nitrogens with zero attached hydrogens (tertiary/aromatic N) is 1. The number of carbonyl (C=O) groups is 1. The van der Waals surface area contributed by atoms with Crippen LogP contribution in [0.1, 0.15) is 43.2 Å². The van der Waals surface area contributed by atoms with Crippen LogP contribution in [0.2, 0.25) is 0 Å². The monoisotopic (exact) mass is 393 g/mol. The highest BCUT2D eigenvalue weighted by Gasteiger charge is 2.38. The van der Waals surface area contributed by atoms with Gasteiger partial charge in [-0.1, -0.05) is 36.2 Å². The number of rotatable bonds is 5. The van der Waals surface area contributed by atoms with Crippen molar-refractivity contribution in [2.45, 2.75) is 63.7 Å². The summed E-state index contributed by atoms with van der Waals surface area (Å²) >= 11 is 0. The lowest BCUT2D eigenvalue weighted by molar-refractivity contribution is 0.0200. The molecule has 2 fully saturated rings. The Hall–Kier alpha value is -2.53. The topological polar surface area (TPSA) is 53.6 Å². The first-order chi connectivity index (χ1) is 14.1. The van der Waals surface area contributed by atoms with E-state index in [0.717, 1.165) is 30.8 Å². The predicted octanol–water partition coefficient (Wildman–Crippen LogP) is 4.71. The third-order valence-electron chi connectivity index (χ3n) is 6.29. The van der Waals surface area contributed by atoms with Crippen molar-refractivity contribution in [1.82, 2.24) is 10.2 Å². The first kappa shape index (κ1) is 19.8. The number of urea groups is 1. The van der Waals surface area contributed by atoms with Crippen LogP contribution in [0.15, 0.2) is 48.5 Å². The van der Waals surface area contributed by atoms with Crippen molar-refractivity contribution in [3.8, 4) is 5.75 Å². The number of piperidine rings is 2. The second kappa shape index (κ2) is 8.87. The van der Waals surface area contributed by atoms with Crippen LogP contribution in [-0.2, 0) is 6.54 Å². The van der Waals surface area contributed by atoms with Gasteiger partial charge in [0.25, 0.3) is 0 Å². The molecule has 2 heterocycles. The van der Waals surface area contributed by atoms with E-state index in [-0.39, 0.29) is 12.1 Å². The summed E-state index contributed by atoms with van der Waals surface area (Å²) in [5.41, 5.74) is 3.47. The van der Waals surface area contributed by atoms with Gasteiger partial charge in [-0.3, -0.25) is 4.90 Å². The van der Waals surface area contributed by atoms with E-state index in [0.29, 0.717) is 12.1 Å². The van der Waals surface area contributed by atoms with Gasteiger partial charge in [0.15, 0.2) is 0 Å². The molecule has 154 valence electrons. The molecule has 0 aromatic heterocycles. The van der Waals surface area contributed by atoms with Gasteiger partial charge in [-0.25, -0.2) is 4.79 Å². The second-order valence-electron chi connectivity index (χ2n) is 8.39. The standard InChI is InChI=1S/C24H31N3O2/c1-17-6-8-18(9-7-17)16-27-21-4-3-5-22(27)15-20(14-21)26-24(28)25-19-10-12-23(29-2)13-11-19/h6-13,20-22H,3-5,14-16H2,1-2H3,(H2,25,26,28)/t21-,22-/m0/s1. The molecule has 2 aliphatic rings. The Bertz CT molecular complexity index is 805. The number of ether oxygens (including phenoxy) is 1. The van der Waals surface area contributed by atoms with E-state index >= 15 is 0 Å². The Morgan fingerprint density at radius 3 is 2.31 bits per heavy atom. The number of fused-ring (bicyclic) bond motifs is 2. The minimum atomic E-state index is -0.120. The van der Waals surface area contributed by atoms with Gasteiger partial charge in [-0.2, -0.15) is 0 Å². The first-order valence-corrected chi connectivity index (χ1v) is 10.6. The first-order valence-electron chi connectivity index (χ1n) is 10.6. The van der Waals surface area contributed by atoms with E-state index < -0.39 is 0 Å². The van der Waals surface area contributed by atoms with E-state index in [2.05, 4.69) is 46.7 Å². The average Bonchev–Trinajstić information content (AvgIpc) is 2.71. The SMILES string of the molecule is COc1ccc(NC(=O)NC2C[C@@H]3CCC[C@@H](C2)N3Cc2ccc(C)cc2)cc1. The van der Waals surface area contributed by atoms with E-state index in [1.807, 2.05) is 24.3 Å². The fourth-order valence-electron chi connectivity index (χ4n) is 4.79. The molecule has 0 unspecified atom stereocenters. The molecule has 0 radical (unpaired) electrons. The number of methoxy groups -OCH3 is 1. The van der Waals surface area contributed by atoms with Crippen molar-refractivity contribution in [1.29, 1.82) is 0 Å². The highest BCUT2D eigenvalue weighted by Crippen LogP contribution is 2.35. The van der Waals surface area contributed by atoms with Gasteiger partial charge in [-0.15, -0.1) is 0 Å². The van der Waals surface area contributed by atoms with Crippen LogP contribution in [0.25, 0.3) is 0 Å². The van der Waals surface area contributed by atoms with Gasteiger partial charge in [0, 0.05) is 30.4 Å². The van der Waals surface area contributed by atoms with Crippen LogP contribution in [0, 0.1) is 6.92 Å². The number of hydrogen-bond acceptors (Lipinski definition) is 3. The van der Waals surface area contributed by atoms with E-state index in [1.54, 1.807) is 7.11 Å². The van der Waals surface area contributed by atoms with Gasteiger partial charge in [0.05, 0.1) is 7.11 Å². The van der Waals surface area contributed by atoms with Crippen molar-refractivity contribution >= 4 is 11.7 Å². The lowest BCUT2D eigenvalue weighted by Crippen LogP contribution is -2.56. The van der Waals surface area contributed by atoms with E-state index in [1.165, 1.54) is 30.4 Å². The van der Waals surface area contributed by atoms with Crippen molar-refractivity contribution < 1.29 is 9.53 Å². The zero-order valence-electron chi connectivity index (χ0n) is 17.4. The van der Waals surface area contributed by atoms with Crippen molar-refractivity contribution in [2.75, 3.05) is 12.4 Å². The van der Waals surface area contributed by atoms with Crippen molar-refractivity contribution in [2.24, 2.45) is 0 Å². The minimum absolute atomic E-state index is 0.120. The molecule has 2 amide bonds. The summed E-state index contributed by atoms with van der Waals surface area (Å²) in [6, 6.07) is 17.5. The fourth-order valence-corrected chi connectivity index (χ4v) is 4.79. The summed E-state index contributed by atoms with van der Waals surface area (Å²) in [7, 11) is 1.64. The zero-order chi connectivity index (χ0) is 20.2. The number of hydrogen-bond donors (Lipinski definition) is 2. The summed E-state index contributed by atoms with van der Waals surface area (Å²) in [6.07, 6.45) is 5.79. The molecule has 5 nitrogen and oxygen atoms in total. The fraction of sp³-hybridized carbons (Fsp3) is 0.458. The predicted molar refractivity (Wildman–Crippen MR) is 116 cm³/mol. The van der Waals surface area contributed by atoms with Crippen LogP contribution >= 0.6 is 0 Å². The molecule has 0 spiro atoms. The molecule has 2 aliphatic heterocycles. The molecule has 29 heavy (non-hydrogen) atoms. The van der Waals surface area contributed by atoms with Gasteiger partial charge in [-0.05, 0) is 62.4 Å². The average molecular weight is 394 g/mol. The maximum atomic E-state index is 12.5. The Morgan fingerprint density at radius 2 is 1.69 bits per heavy atom. The van der Waals surface area contributed by atoms with Crippen LogP contribution in [0.4, 0.5) is 10.5 Å². The zero-order valence-corrected chi connectivity index (χ0v) is 17.4. The lowest BCUT2D eigenvalue weighted by Gasteiger charge is -2.49. The van der Waals surface area contributed by atoms with Gasteiger partial charge < -0.3 is 15.4 Å². The summed E-state index contributed by atoms with van der Waals surface area (Å²) in [6.45, 7) is 3.15. The van der Waals surface area contributed by atoms with Gasteiger partial charge in [0.2, 0.25) is 0 Å². The third-order valence-corrected chi connectivity index (χ3v) is 6.29. The van der Waals surface area contributed by atoms with Crippen LogP contribution < -0.4 is 15.4 Å². The lowest BCUT2D eigenvalue weighted by atomic mass is 9.81. The van der Waals surface area contributed by atoms with Crippen molar-refractivity contribution in [3.05, 3.63) is 59.7 Å².